The second-order valence-electron chi connectivity index (χ2n) is 5.22. The number of pyridine rings is 2. The van der Waals surface area contributed by atoms with Crippen LogP contribution in [0, 0.1) is 11.3 Å². The summed E-state index contributed by atoms with van der Waals surface area (Å²) in [5.74, 6) is 0.855. The molecule has 0 radical (unpaired) electrons. The van der Waals surface area contributed by atoms with E-state index in [1.807, 2.05) is 24.3 Å². The Hall–Kier alpha value is -2.72. The van der Waals surface area contributed by atoms with Crippen molar-refractivity contribution in [1.29, 1.82) is 5.26 Å². The standard InChI is InChI=1S/C16H12N6S/c17-10-12-2-1-3-14(19-12)23-16-21-20-15(22(16)13-4-5-13)11-6-8-18-9-7-11/h1-3,6-9,13H,4-5H2. The largest absolute Gasteiger partial charge is 0.299 e. The molecule has 3 heterocycles. The molecule has 112 valence electrons. The molecule has 0 saturated heterocycles. The van der Waals surface area contributed by atoms with Gasteiger partial charge in [-0.05, 0) is 48.9 Å². The maximum Gasteiger partial charge on any atom is 0.198 e. The predicted octanol–water partition coefficient (Wildman–Crippen LogP) is 3.09. The van der Waals surface area contributed by atoms with Crippen LogP contribution in [-0.2, 0) is 0 Å². The van der Waals surface area contributed by atoms with Gasteiger partial charge in [-0.2, -0.15) is 5.26 Å². The Bertz CT molecular complexity index is 879. The van der Waals surface area contributed by atoms with Crippen LogP contribution in [0.25, 0.3) is 11.4 Å². The van der Waals surface area contributed by atoms with Crippen LogP contribution in [0.4, 0.5) is 0 Å². The molecule has 1 saturated carbocycles. The summed E-state index contributed by atoms with van der Waals surface area (Å²) in [6.07, 6.45) is 5.78. The number of aromatic nitrogens is 5. The molecule has 4 rings (SSSR count). The van der Waals surface area contributed by atoms with Gasteiger partial charge in [0.2, 0.25) is 0 Å². The van der Waals surface area contributed by atoms with Gasteiger partial charge < -0.3 is 0 Å². The smallest absolute Gasteiger partial charge is 0.198 e. The summed E-state index contributed by atoms with van der Waals surface area (Å²) in [5.41, 5.74) is 1.41. The normalized spacial score (nSPS) is 13.7. The van der Waals surface area contributed by atoms with E-state index in [-0.39, 0.29) is 0 Å². The minimum absolute atomic E-state index is 0.404. The summed E-state index contributed by atoms with van der Waals surface area (Å²) in [6.45, 7) is 0. The third-order valence-electron chi connectivity index (χ3n) is 3.55. The zero-order chi connectivity index (χ0) is 15.6. The number of nitriles is 1. The van der Waals surface area contributed by atoms with Crippen LogP contribution in [0.2, 0.25) is 0 Å². The molecule has 0 atom stereocenters. The molecule has 0 amide bonds. The van der Waals surface area contributed by atoms with Gasteiger partial charge in [-0.25, -0.2) is 4.98 Å². The SMILES string of the molecule is N#Cc1cccc(Sc2nnc(-c3ccncc3)n2C2CC2)n1. The van der Waals surface area contributed by atoms with Gasteiger partial charge in [0.25, 0.3) is 0 Å². The third kappa shape index (κ3) is 2.81. The predicted molar refractivity (Wildman–Crippen MR) is 84.6 cm³/mol. The molecule has 0 unspecified atom stereocenters. The zero-order valence-electron chi connectivity index (χ0n) is 12.1. The summed E-state index contributed by atoms with van der Waals surface area (Å²) in [4.78, 5) is 8.35. The van der Waals surface area contributed by atoms with Crippen LogP contribution < -0.4 is 0 Å². The van der Waals surface area contributed by atoms with Crippen LogP contribution >= 0.6 is 11.8 Å². The first-order valence-corrected chi connectivity index (χ1v) is 8.07. The molecule has 23 heavy (non-hydrogen) atoms. The highest BCUT2D eigenvalue weighted by molar-refractivity contribution is 7.99. The molecular formula is C16H12N6S. The lowest BCUT2D eigenvalue weighted by atomic mass is 10.2. The number of nitrogens with zero attached hydrogens (tertiary/aromatic N) is 6. The van der Waals surface area contributed by atoms with Crippen LogP contribution in [0.5, 0.6) is 0 Å². The van der Waals surface area contributed by atoms with E-state index in [1.54, 1.807) is 18.5 Å². The molecule has 0 spiro atoms. The lowest BCUT2D eigenvalue weighted by Crippen LogP contribution is -2.00. The molecule has 3 aromatic heterocycles. The van der Waals surface area contributed by atoms with E-state index < -0.39 is 0 Å². The van der Waals surface area contributed by atoms with Crippen LogP contribution in [0.15, 0.2) is 52.9 Å². The highest BCUT2D eigenvalue weighted by Gasteiger charge is 2.30. The van der Waals surface area contributed by atoms with E-state index >= 15 is 0 Å². The summed E-state index contributed by atoms with van der Waals surface area (Å²) < 4.78 is 2.17. The van der Waals surface area contributed by atoms with Gasteiger partial charge in [0.1, 0.15) is 16.8 Å². The molecule has 1 aliphatic carbocycles. The molecule has 0 aromatic carbocycles. The second kappa shape index (κ2) is 5.82. The molecule has 0 N–H and O–H groups in total. The molecule has 3 aromatic rings. The minimum Gasteiger partial charge on any atom is -0.299 e. The van der Waals surface area contributed by atoms with Crippen molar-refractivity contribution >= 4 is 11.8 Å². The maximum atomic E-state index is 8.97. The van der Waals surface area contributed by atoms with Gasteiger partial charge in [0, 0.05) is 24.0 Å². The fourth-order valence-corrected chi connectivity index (χ4v) is 3.23. The molecule has 0 aliphatic heterocycles. The van der Waals surface area contributed by atoms with Gasteiger partial charge in [-0.1, -0.05) is 6.07 Å². The van der Waals surface area contributed by atoms with E-state index in [0.717, 1.165) is 34.4 Å². The monoisotopic (exact) mass is 320 g/mol. The van der Waals surface area contributed by atoms with Crippen molar-refractivity contribution in [3.8, 4) is 17.5 Å². The number of hydrogen-bond donors (Lipinski definition) is 0. The quantitative estimate of drug-likeness (QED) is 0.735. The summed E-state index contributed by atoms with van der Waals surface area (Å²) >= 11 is 1.44. The van der Waals surface area contributed by atoms with E-state index in [0.29, 0.717) is 11.7 Å². The van der Waals surface area contributed by atoms with E-state index in [2.05, 4.69) is 30.8 Å². The van der Waals surface area contributed by atoms with Crippen molar-refractivity contribution in [1.82, 2.24) is 24.7 Å². The second-order valence-corrected chi connectivity index (χ2v) is 6.21. The van der Waals surface area contributed by atoms with Crippen molar-refractivity contribution < 1.29 is 0 Å². The minimum atomic E-state index is 0.404. The average Bonchev–Trinajstić information content (AvgIpc) is 3.36. The Kier molecular flexibility index (Phi) is 3.52. The first-order valence-electron chi connectivity index (χ1n) is 7.25. The molecular weight excluding hydrogens is 308 g/mol. The van der Waals surface area contributed by atoms with Gasteiger partial charge in [-0.15, -0.1) is 10.2 Å². The van der Waals surface area contributed by atoms with Gasteiger partial charge in [-0.3, -0.25) is 9.55 Å². The zero-order valence-corrected chi connectivity index (χ0v) is 12.9. The molecule has 1 aliphatic rings. The lowest BCUT2D eigenvalue weighted by molar-refractivity contribution is 0.668. The topological polar surface area (TPSA) is 80.3 Å². The van der Waals surface area contributed by atoms with E-state index in [9.17, 15) is 0 Å². The highest BCUT2D eigenvalue weighted by atomic mass is 32.2. The van der Waals surface area contributed by atoms with Crippen molar-refractivity contribution in [2.45, 2.75) is 29.1 Å². The molecule has 7 heteroatoms. The summed E-state index contributed by atoms with van der Waals surface area (Å²) in [7, 11) is 0. The number of hydrogen-bond acceptors (Lipinski definition) is 6. The number of rotatable bonds is 4. The fraction of sp³-hybridized carbons (Fsp3) is 0.188. The van der Waals surface area contributed by atoms with Gasteiger partial charge >= 0.3 is 0 Å². The van der Waals surface area contributed by atoms with Gasteiger partial charge in [0.15, 0.2) is 11.0 Å². The Morgan fingerprint density at radius 1 is 1.13 bits per heavy atom. The Labute approximate surface area is 137 Å². The average molecular weight is 320 g/mol. The highest BCUT2D eigenvalue weighted by Crippen LogP contribution is 2.42. The molecule has 6 nitrogen and oxygen atoms in total. The first-order chi connectivity index (χ1) is 11.3. The third-order valence-corrected chi connectivity index (χ3v) is 4.45. The van der Waals surface area contributed by atoms with E-state index in [1.165, 1.54) is 11.8 Å². The van der Waals surface area contributed by atoms with Crippen molar-refractivity contribution in [3.63, 3.8) is 0 Å². The van der Waals surface area contributed by atoms with Crippen molar-refractivity contribution in [2.75, 3.05) is 0 Å². The lowest BCUT2D eigenvalue weighted by Gasteiger charge is -2.08. The van der Waals surface area contributed by atoms with Crippen LogP contribution in [0.1, 0.15) is 24.6 Å². The first kappa shape index (κ1) is 13.9. The van der Waals surface area contributed by atoms with E-state index in [4.69, 9.17) is 5.26 Å². The van der Waals surface area contributed by atoms with Gasteiger partial charge in [0.05, 0.1) is 0 Å². The van der Waals surface area contributed by atoms with Crippen molar-refractivity contribution in [2.24, 2.45) is 0 Å². The van der Waals surface area contributed by atoms with Crippen LogP contribution in [0.3, 0.4) is 0 Å². The Morgan fingerprint density at radius 2 is 1.96 bits per heavy atom. The molecule has 1 fully saturated rings. The maximum absolute atomic E-state index is 8.97. The van der Waals surface area contributed by atoms with Crippen molar-refractivity contribution in [3.05, 3.63) is 48.4 Å². The summed E-state index contributed by atoms with van der Waals surface area (Å²) in [6, 6.07) is 11.8. The molecule has 0 bridgehead atoms. The fourth-order valence-electron chi connectivity index (χ4n) is 2.33. The van der Waals surface area contributed by atoms with Crippen LogP contribution in [-0.4, -0.2) is 24.7 Å². The Balaban J connectivity index is 1.72. The Morgan fingerprint density at radius 3 is 2.70 bits per heavy atom. The summed E-state index contributed by atoms with van der Waals surface area (Å²) in [5, 5.41) is 19.2.